The molecule has 30 heavy (non-hydrogen) atoms. The summed E-state index contributed by atoms with van der Waals surface area (Å²) >= 11 is 18.7. The Morgan fingerprint density at radius 2 is 1.80 bits per heavy atom. The van der Waals surface area contributed by atoms with Crippen LogP contribution in [0.15, 0.2) is 47.4 Å². The highest BCUT2D eigenvalue weighted by molar-refractivity contribution is 8.27. The van der Waals surface area contributed by atoms with Crippen molar-refractivity contribution in [1.29, 1.82) is 0 Å². The Kier molecular flexibility index (Phi) is 8.20. The molecule has 1 aliphatic rings. The summed E-state index contributed by atoms with van der Waals surface area (Å²) in [5, 5.41) is 0.915. The molecule has 0 spiro atoms. The predicted octanol–water partition coefficient (Wildman–Crippen LogP) is 6.12. The van der Waals surface area contributed by atoms with Crippen molar-refractivity contribution in [1.82, 2.24) is 4.90 Å². The first kappa shape index (κ1) is 23.1. The molecule has 8 heteroatoms. The van der Waals surface area contributed by atoms with Crippen molar-refractivity contribution in [2.75, 3.05) is 31.1 Å². The van der Waals surface area contributed by atoms with Crippen LogP contribution in [0.4, 0.5) is 5.69 Å². The Morgan fingerprint density at radius 1 is 1.10 bits per heavy atom. The summed E-state index contributed by atoms with van der Waals surface area (Å²) in [6.45, 7) is 7.77. The minimum absolute atomic E-state index is 0.161. The minimum Gasteiger partial charge on any atom is -0.492 e. The second-order valence-electron chi connectivity index (χ2n) is 6.56. The number of hydrogen-bond donors (Lipinski definition) is 0. The molecule has 158 valence electrons. The summed E-state index contributed by atoms with van der Waals surface area (Å²) in [5.74, 6) is 0.606. The summed E-state index contributed by atoms with van der Waals surface area (Å²) in [6.07, 6.45) is 1.77. The molecule has 4 nitrogen and oxygen atoms in total. The maximum absolute atomic E-state index is 12.9. The molecule has 0 aliphatic carbocycles. The summed E-state index contributed by atoms with van der Waals surface area (Å²) < 4.78 is 6.30. The van der Waals surface area contributed by atoms with Crippen molar-refractivity contribution < 1.29 is 9.53 Å². The lowest BCUT2D eigenvalue weighted by Crippen LogP contribution is -2.28. The number of thiocarbonyl (C=S) groups is 1. The SMILES string of the molecule is CCN(CC)CCOc1ccc(N2C(=O)/C(=C/c3ccc(Cl)c(Cl)c3)SC2=S)cc1. The minimum atomic E-state index is -0.161. The largest absolute Gasteiger partial charge is 0.492 e. The number of halogens is 2. The highest BCUT2D eigenvalue weighted by atomic mass is 35.5. The van der Waals surface area contributed by atoms with Gasteiger partial charge in [-0.3, -0.25) is 9.69 Å². The van der Waals surface area contributed by atoms with E-state index in [0.717, 1.165) is 30.9 Å². The van der Waals surface area contributed by atoms with Gasteiger partial charge in [-0.25, -0.2) is 0 Å². The van der Waals surface area contributed by atoms with E-state index in [4.69, 9.17) is 40.2 Å². The molecule has 0 bridgehead atoms. The van der Waals surface area contributed by atoms with Crippen LogP contribution in [-0.4, -0.2) is 41.4 Å². The first-order valence-corrected chi connectivity index (χ1v) is 11.6. The van der Waals surface area contributed by atoms with Gasteiger partial charge in [-0.1, -0.05) is 67.1 Å². The van der Waals surface area contributed by atoms with Crippen molar-refractivity contribution in [3.8, 4) is 5.75 Å². The molecule has 0 unspecified atom stereocenters. The standard InChI is InChI=1S/C22H22Cl2N2O2S2/c1-3-25(4-2)11-12-28-17-8-6-16(7-9-17)26-21(27)20(30-22(26)29)14-15-5-10-18(23)19(24)13-15/h5-10,13-14H,3-4,11-12H2,1-2H3/b20-14-. The highest BCUT2D eigenvalue weighted by Crippen LogP contribution is 2.37. The topological polar surface area (TPSA) is 32.8 Å². The smallest absolute Gasteiger partial charge is 0.270 e. The molecule has 1 fully saturated rings. The lowest BCUT2D eigenvalue weighted by Gasteiger charge is -2.18. The molecule has 0 N–H and O–H groups in total. The molecule has 2 aromatic carbocycles. The molecule has 0 radical (unpaired) electrons. The number of benzene rings is 2. The number of rotatable bonds is 8. The molecule has 2 aromatic rings. The average Bonchev–Trinajstić information content (AvgIpc) is 3.01. The lowest BCUT2D eigenvalue weighted by atomic mass is 10.2. The Balaban J connectivity index is 1.68. The van der Waals surface area contributed by atoms with E-state index in [-0.39, 0.29) is 5.91 Å². The van der Waals surface area contributed by atoms with Gasteiger partial charge in [0, 0.05) is 6.54 Å². The van der Waals surface area contributed by atoms with Crippen LogP contribution in [0.25, 0.3) is 6.08 Å². The molecule has 1 amide bonds. The molecule has 1 heterocycles. The summed E-state index contributed by atoms with van der Waals surface area (Å²) in [6, 6.07) is 12.7. The monoisotopic (exact) mass is 480 g/mol. The molecular weight excluding hydrogens is 459 g/mol. The van der Waals surface area contributed by atoms with Gasteiger partial charge < -0.3 is 9.64 Å². The van der Waals surface area contributed by atoms with E-state index in [1.54, 1.807) is 18.2 Å². The van der Waals surface area contributed by atoms with Gasteiger partial charge in [0.15, 0.2) is 4.32 Å². The molecule has 3 rings (SSSR count). The molecule has 0 aromatic heterocycles. The van der Waals surface area contributed by atoms with Crippen LogP contribution in [0, 0.1) is 0 Å². The van der Waals surface area contributed by atoms with E-state index in [1.807, 2.05) is 30.3 Å². The van der Waals surface area contributed by atoms with Gasteiger partial charge in [0.2, 0.25) is 0 Å². The maximum atomic E-state index is 12.9. The van der Waals surface area contributed by atoms with E-state index >= 15 is 0 Å². The number of nitrogens with zero attached hydrogens (tertiary/aromatic N) is 2. The van der Waals surface area contributed by atoms with Crippen molar-refractivity contribution in [2.24, 2.45) is 0 Å². The number of likely N-dealkylation sites (N-methyl/N-ethyl adjacent to an activating group) is 1. The van der Waals surface area contributed by atoms with Crippen LogP contribution in [-0.2, 0) is 4.79 Å². The summed E-state index contributed by atoms with van der Waals surface area (Å²) in [4.78, 5) is 17.3. The van der Waals surface area contributed by atoms with Gasteiger partial charge in [0.25, 0.3) is 5.91 Å². The number of thioether (sulfide) groups is 1. The Labute approximate surface area is 196 Å². The van der Waals surface area contributed by atoms with Gasteiger partial charge in [0.05, 0.1) is 20.6 Å². The van der Waals surface area contributed by atoms with Gasteiger partial charge in [0.1, 0.15) is 12.4 Å². The van der Waals surface area contributed by atoms with Crippen molar-refractivity contribution in [3.05, 3.63) is 63.0 Å². The Morgan fingerprint density at radius 3 is 2.43 bits per heavy atom. The van der Waals surface area contributed by atoms with Crippen molar-refractivity contribution >= 4 is 69.2 Å². The Hall–Kier alpha value is -1.57. The van der Waals surface area contributed by atoms with E-state index in [0.29, 0.717) is 31.6 Å². The number of amides is 1. The third kappa shape index (κ3) is 5.56. The highest BCUT2D eigenvalue weighted by Gasteiger charge is 2.33. The molecular formula is C22H22Cl2N2O2S2. The lowest BCUT2D eigenvalue weighted by molar-refractivity contribution is -0.113. The molecule has 1 aliphatic heterocycles. The van der Waals surface area contributed by atoms with Crippen LogP contribution in [0.2, 0.25) is 10.0 Å². The normalized spacial score (nSPS) is 15.5. The van der Waals surface area contributed by atoms with Crippen LogP contribution in [0.3, 0.4) is 0 Å². The number of ether oxygens (including phenoxy) is 1. The number of anilines is 1. The van der Waals surface area contributed by atoms with Gasteiger partial charge in [-0.15, -0.1) is 0 Å². The first-order chi connectivity index (χ1) is 14.4. The number of carbonyl (C=O) groups is 1. The number of hydrogen-bond acceptors (Lipinski definition) is 5. The fourth-order valence-electron chi connectivity index (χ4n) is 2.97. The zero-order valence-corrected chi connectivity index (χ0v) is 19.9. The van der Waals surface area contributed by atoms with Crippen LogP contribution in [0.5, 0.6) is 5.75 Å². The first-order valence-electron chi connectivity index (χ1n) is 9.61. The van der Waals surface area contributed by atoms with E-state index < -0.39 is 0 Å². The van der Waals surface area contributed by atoms with Crippen LogP contribution < -0.4 is 9.64 Å². The van der Waals surface area contributed by atoms with Gasteiger partial charge in [-0.05, 0) is 61.1 Å². The van der Waals surface area contributed by atoms with E-state index in [9.17, 15) is 4.79 Å². The van der Waals surface area contributed by atoms with Crippen LogP contribution in [0.1, 0.15) is 19.4 Å². The quantitative estimate of drug-likeness (QED) is 0.335. The summed E-state index contributed by atoms with van der Waals surface area (Å²) in [5.41, 5.74) is 1.51. The third-order valence-electron chi connectivity index (χ3n) is 4.70. The second-order valence-corrected chi connectivity index (χ2v) is 9.05. The third-order valence-corrected chi connectivity index (χ3v) is 6.74. The maximum Gasteiger partial charge on any atom is 0.270 e. The van der Waals surface area contributed by atoms with E-state index in [2.05, 4.69) is 18.7 Å². The molecule has 0 saturated carbocycles. The molecule has 0 atom stereocenters. The van der Waals surface area contributed by atoms with Gasteiger partial charge in [-0.2, -0.15) is 0 Å². The van der Waals surface area contributed by atoms with Crippen molar-refractivity contribution in [2.45, 2.75) is 13.8 Å². The van der Waals surface area contributed by atoms with Crippen molar-refractivity contribution in [3.63, 3.8) is 0 Å². The predicted molar refractivity (Wildman–Crippen MR) is 132 cm³/mol. The fraction of sp³-hybridized carbons (Fsp3) is 0.273. The van der Waals surface area contributed by atoms with Gasteiger partial charge >= 0.3 is 0 Å². The zero-order chi connectivity index (χ0) is 21.7. The number of carbonyl (C=O) groups excluding carboxylic acids is 1. The summed E-state index contributed by atoms with van der Waals surface area (Å²) in [7, 11) is 0. The molecule has 1 saturated heterocycles. The average molecular weight is 481 g/mol. The fourth-order valence-corrected chi connectivity index (χ4v) is 4.57. The Bertz CT molecular complexity index is 960. The second kappa shape index (κ2) is 10.6. The van der Waals surface area contributed by atoms with E-state index in [1.165, 1.54) is 16.7 Å². The zero-order valence-electron chi connectivity index (χ0n) is 16.7. The van der Waals surface area contributed by atoms with Crippen LogP contribution >= 0.6 is 47.2 Å².